The van der Waals surface area contributed by atoms with Crippen LogP contribution in [0.25, 0.3) is 0 Å². The van der Waals surface area contributed by atoms with Gasteiger partial charge in [0.15, 0.2) is 0 Å². The zero-order valence-electron chi connectivity index (χ0n) is 11.1. The number of benzene rings is 1. The van der Waals surface area contributed by atoms with Crippen molar-refractivity contribution in [2.45, 2.75) is 52.5 Å². The molecule has 0 saturated carbocycles. The summed E-state index contributed by atoms with van der Waals surface area (Å²) in [5.41, 5.74) is 13.2. The molecule has 4 N–H and O–H groups in total. The van der Waals surface area contributed by atoms with E-state index in [2.05, 4.69) is 19.1 Å². The van der Waals surface area contributed by atoms with E-state index in [1.807, 2.05) is 32.9 Å². The van der Waals surface area contributed by atoms with Crippen LogP contribution in [-0.4, -0.2) is 5.54 Å². The van der Waals surface area contributed by atoms with Crippen molar-refractivity contribution in [3.8, 4) is 0 Å². The molecule has 2 nitrogen and oxygen atoms in total. The molecule has 0 atom stereocenters. The van der Waals surface area contributed by atoms with E-state index in [0.29, 0.717) is 0 Å². The minimum Gasteiger partial charge on any atom is -0.399 e. The van der Waals surface area contributed by atoms with Gasteiger partial charge in [-0.1, -0.05) is 25.5 Å². The van der Waals surface area contributed by atoms with Crippen LogP contribution in [-0.2, 0) is 6.42 Å². The summed E-state index contributed by atoms with van der Waals surface area (Å²) >= 11 is 0. The Morgan fingerprint density at radius 1 is 1.19 bits per heavy atom. The Balaban J connectivity index is 0.000000385. The van der Waals surface area contributed by atoms with Gasteiger partial charge in [-0.25, -0.2) is 0 Å². The second kappa shape index (κ2) is 7.29. The van der Waals surface area contributed by atoms with E-state index in [9.17, 15) is 0 Å². The standard InChI is InChI=1S/C10H15N.C4H11N/c1-2-3-5-9-6-4-7-10(11)8-9;1-4(2,3)5/h4,6-8H,2-3,5,11H2,1H3;5H2,1-3H3. The largest absolute Gasteiger partial charge is 0.399 e. The molecule has 0 amide bonds. The van der Waals surface area contributed by atoms with Gasteiger partial charge in [0.25, 0.3) is 0 Å². The van der Waals surface area contributed by atoms with Gasteiger partial charge in [0.05, 0.1) is 0 Å². The summed E-state index contributed by atoms with van der Waals surface area (Å²) in [6, 6.07) is 8.12. The molecule has 2 heteroatoms. The number of unbranched alkanes of at least 4 members (excludes halogenated alkanes) is 1. The highest BCUT2D eigenvalue weighted by atomic mass is 14.7. The van der Waals surface area contributed by atoms with Crippen LogP contribution >= 0.6 is 0 Å². The second-order valence-electron chi connectivity index (χ2n) is 5.21. The fraction of sp³-hybridized carbons (Fsp3) is 0.571. The van der Waals surface area contributed by atoms with E-state index in [1.165, 1.54) is 18.4 Å². The number of anilines is 1. The molecule has 0 aliphatic rings. The highest BCUT2D eigenvalue weighted by Gasteiger charge is 1.95. The molecule has 16 heavy (non-hydrogen) atoms. The molecule has 0 radical (unpaired) electrons. The first-order chi connectivity index (χ1) is 7.33. The maximum atomic E-state index is 5.63. The normalized spacial score (nSPS) is 10.6. The number of hydrogen-bond donors (Lipinski definition) is 2. The minimum absolute atomic E-state index is 0. The first kappa shape index (κ1) is 15.0. The number of hydrogen-bond acceptors (Lipinski definition) is 2. The Morgan fingerprint density at radius 3 is 2.19 bits per heavy atom. The molecule has 0 saturated heterocycles. The Kier molecular flexibility index (Phi) is 6.82. The molecule has 0 fully saturated rings. The van der Waals surface area contributed by atoms with E-state index in [0.717, 1.165) is 12.1 Å². The molecule has 1 aromatic rings. The van der Waals surface area contributed by atoms with Crippen molar-refractivity contribution in [2.75, 3.05) is 5.73 Å². The molecule has 92 valence electrons. The summed E-state index contributed by atoms with van der Waals surface area (Å²) in [5, 5.41) is 0. The maximum Gasteiger partial charge on any atom is 0.0316 e. The predicted molar refractivity (Wildman–Crippen MR) is 73.4 cm³/mol. The Morgan fingerprint density at radius 2 is 1.75 bits per heavy atom. The Labute approximate surface area is 100 Å². The van der Waals surface area contributed by atoms with Crippen LogP contribution in [0.3, 0.4) is 0 Å². The monoisotopic (exact) mass is 222 g/mol. The quantitative estimate of drug-likeness (QED) is 0.770. The Hall–Kier alpha value is -1.02. The van der Waals surface area contributed by atoms with Crippen molar-refractivity contribution < 1.29 is 0 Å². The summed E-state index contributed by atoms with van der Waals surface area (Å²) in [5.74, 6) is 0. The van der Waals surface area contributed by atoms with Crippen LogP contribution in [0.1, 0.15) is 46.1 Å². The molecular weight excluding hydrogens is 196 g/mol. The summed E-state index contributed by atoms with van der Waals surface area (Å²) in [6.07, 6.45) is 3.65. The number of nitrogens with two attached hydrogens (primary N) is 2. The zero-order valence-corrected chi connectivity index (χ0v) is 11.1. The second-order valence-corrected chi connectivity index (χ2v) is 5.21. The third-order valence-corrected chi connectivity index (χ3v) is 1.77. The highest BCUT2D eigenvalue weighted by Crippen LogP contribution is 2.09. The molecule has 0 unspecified atom stereocenters. The lowest BCUT2D eigenvalue weighted by Crippen LogP contribution is -2.26. The molecule has 0 heterocycles. The molecule has 1 aromatic carbocycles. The molecule has 0 bridgehead atoms. The predicted octanol–water partition coefficient (Wildman–Crippen LogP) is 3.36. The molecule has 0 aliphatic carbocycles. The van der Waals surface area contributed by atoms with Crippen LogP contribution in [0.2, 0.25) is 0 Å². The lowest BCUT2D eigenvalue weighted by atomic mass is 10.1. The molecular formula is C14H26N2. The van der Waals surface area contributed by atoms with Gasteiger partial charge in [0, 0.05) is 11.2 Å². The smallest absolute Gasteiger partial charge is 0.0316 e. The summed E-state index contributed by atoms with van der Waals surface area (Å²) in [7, 11) is 0. The van der Waals surface area contributed by atoms with Gasteiger partial charge >= 0.3 is 0 Å². The van der Waals surface area contributed by atoms with Gasteiger partial charge in [-0.3, -0.25) is 0 Å². The van der Waals surface area contributed by atoms with Crippen LogP contribution < -0.4 is 11.5 Å². The first-order valence-electron chi connectivity index (χ1n) is 5.96. The van der Waals surface area contributed by atoms with E-state index in [4.69, 9.17) is 11.5 Å². The molecule has 1 rings (SSSR count). The summed E-state index contributed by atoms with van der Waals surface area (Å²) in [6.45, 7) is 8.10. The van der Waals surface area contributed by atoms with E-state index < -0.39 is 0 Å². The summed E-state index contributed by atoms with van der Waals surface area (Å²) < 4.78 is 0. The topological polar surface area (TPSA) is 52.0 Å². The van der Waals surface area contributed by atoms with Gasteiger partial charge < -0.3 is 11.5 Å². The van der Waals surface area contributed by atoms with Crippen LogP contribution in [0.4, 0.5) is 5.69 Å². The fourth-order valence-corrected chi connectivity index (χ4v) is 1.13. The average Bonchev–Trinajstić information content (AvgIpc) is 2.12. The minimum atomic E-state index is 0. The van der Waals surface area contributed by atoms with Gasteiger partial charge in [0.1, 0.15) is 0 Å². The van der Waals surface area contributed by atoms with Crippen LogP contribution in [0.15, 0.2) is 24.3 Å². The van der Waals surface area contributed by atoms with Crippen LogP contribution in [0.5, 0.6) is 0 Å². The SMILES string of the molecule is CC(C)(C)N.CCCCc1cccc(N)c1. The van der Waals surface area contributed by atoms with Crippen molar-refractivity contribution >= 4 is 5.69 Å². The van der Waals surface area contributed by atoms with Crippen molar-refractivity contribution in [3.05, 3.63) is 29.8 Å². The molecule has 0 aromatic heterocycles. The van der Waals surface area contributed by atoms with Gasteiger partial charge in [-0.15, -0.1) is 0 Å². The van der Waals surface area contributed by atoms with Gasteiger partial charge in [-0.05, 0) is 51.3 Å². The fourth-order valence-electron chi connectivity index (χ4n) is 1.13. The number of aryl methyl sites for hydroxylation is 1. The lowest BCUT2D eigenvalue weighted by Gasteiger charge is -2.06. The van der Waals surface area contributed by atoms with Gasteiger partial charge in [-0.2, -0.15) is 0 Å². The van der Waals surface area contributed by atoms with E-state index in [-0.39, 0.29) is 5.54 Å². The average molecular weight is 222 g/mol. The van der Waals surface area contributed by atoms with Crippen molar-refractivity contribution in [1.82, 2.24) is 0 Å². The third kappa shape index (κ3) is 11.1. The van der Waals surface area contributed by atoms with E-state index in [1.54, 1.807) is 0 Å². The Bertz CT molecular complexity index is 281. The highest BCUT2D eigenvalue weighted by molar-refractivity contribution is 5.40. The maximum absolute atomic E-state index is 5.63. The third-order valence-electron chi connectivity index (χ3n) is 1.77. The number of nitrogen functional groups attached to an aromatic ring is 1. The number of rotatable bonds is 3. The molecule has 0 spiro atoms. The van der Waals surface area contributed by atoms with Crippen molar-refractivity contribution in [2.24, 2.45) is 5.73 Å². The zero-order chi connectivity index (χ0) is 12.6. The van der Waals surface area contributed by atoms with Crippen molar-refractivity contribution in [3.63, 3.8) is 0 Å². The van der Waals surface area contributed by atoms with Crippen molar-refractivity contribution in [1.29, 1.82) is 0 Å². The van der Waals surface area contributed by atoms with Crippen LogP contribution in [0, 0.1) is 0 Å². The molecule has 0 aliphatic heterocycles. The summed E-state index contributed by atoms with van der Waals surface area (Å²) in [4.78, 5) is 0. The lowest BCUT2D eigenvalue weighted by molar-refractivity contribution is 0.580. The van der Waals surface area contributed by atoms with Gasteiger partial charge in [0.2, 0.25) is 0 Å². The van der Waals surface area contributed by atoms with E-state index >= 15 is 0 Å². The first-order valence-corrected chi connectivity index (χ1v) is 5.96.